The number of nitrogens with zero attached hydrogens (tertiary/aromatic N) is 2. The fourth-order valence-electron chi connectivity index (χ4n) is 2.01. The van der Waals surface area contributed by atoms with Crippen LogP contribution in [0.25, 0.3) is 0 Å². The third kappa shape index (κ3) is 4.44. The van der Waals surface area contributed by atoms with Crippen molar-refractivity contribution in [3.05, 3.63) is 23.4 Å². The molecule has 18 heavy (non-hydrogen) atoms. The van der Waals surface area contributed by atoms with Crippen LogP contribution < -0.4 is 5.32 Å². The quantitative estimate of drug-likeness (QED) is 0.804. The van der Waals surface area contributed by atoms with E-state index in [-0.39, 0.29) is 0 Å². The minimum Gasteiger partial charge on any atom is -0.379 e. The number of hydrogen-bond donors (Lipinski definition) is 1. The van der Waals surface area contributed by atoms with Gasteiger partial charge in [-0.05, 0) is 31.5 Å². The van der Waals surface area contributed by atoms with Crippen LogP contribution in [0.4, 0.5) is 5.82 Å². The Morgan fingerprint density at radius 1 is 1.33 bits per heavy atom. The molecule has 0 bridgehead atoms. The molecule has 0 radical (unpaired) electrons. The van der Waals surface area contributed by atoms with Crippen LogP contribution in [0.1, 0.15) is 12.8 Å². The van der Waals surface area contributed by atoms with Crippen molar-refractivity contribution >= 4 is 17.4 Å². The number of aromatic nitrogens is 1. The maximum Gasteiger partial charge on any atom is 0.144 e. The molecule has 1 aromatic heterocycles. The van der Waals surface area contributed by atoms with Gasteiger partial charge in [-0.3, -0.25) is 4.90 Å². The summed E-state index contributed by atoms with van der Waals surface area (Å²) in [6, 6.07) is 3.69. The molecule has 0 saturated carbocycles. The Labute approximate surface area is 113 Å². The summed E-state index contributed by atoms with van der Waals surface area (Å²) in [7, 11) is 0. The van der Waals surface area contributed by atoms with Gasteiger partial charge in [-0.15, -0.1) is 0 Å². The van der Waals surface area contributed by atoms with Crippen molar-refractivity contribution in [1.82, 2.24) is 9.88 Å². The maximum atomic E-state index is 6.01. The van der Waals surface area contributed by atoms with Crippen LogP contribution in [0.2, 0.25) is 5.02 Å². The molecule has 1 fully saturated rings. The number of rotatable bonds is 6. The minimum absolute atomic E-state index is 0.686. The molecule has 1 aromatic rings. The molecule has 5 heteroatoms. The van der Waals surface area contributed by atoms with Gasteiger partial charge in [0.15, 0.2) is 0 Å². The Hall–Kier alpha value is -0.840. The summed E-state index contributed by atoms with van der Waals surface area (Å²) in [4.78, 5) is 6.65. The number of pyridine rings is 1. The lowest BCUT2D eigenvalue weighted by Crippen LogP contribution is -2.36. The monoisotopic (exact) mass is 269 g/mol. The highest BCUT2D eigenvalue weighted by Gasteiger charge is 2.08. The van der Waals surface area contributed by atoms with Crippen LogP contribution in [0.15, 0.2) is 18.3 Å². The fraction of sp³-hybridized carbons (Fsp3) is 0.615. The van der Waals surface area contributed by atoms with Crippen LogP contribution in [-0.2, 0) is 4.74 Å². The van der Waals surface area contributed by atoms with Crippen LogP contribution in [-0.4, -0.2) is 49.3 Å². The summed E-state index contributed by atoms with van der Waals surface area (Å²) >= 11 is 6.01. The number of hydrogen-bond acceptors (Lipinski definition) is 4. The zero-order valence-corrected chi connectivity index (χ0v) is 11.3. The molecule has 1 N–H and O–H groups in total. The van der Waals surface area contributed by atoms with E-state index in [2.05, 4.69) is 15.2 Å². The van der Waals surface area contributed by atoms with Crippen molar-refractivity contribution in [2.75, 3.05) is 44.7 Å². The average molecular weight is 270 g/mol. The van der Waals surface area contributed by atoms with Gasteiger partial charge in [0.05, 0.1) is 18.2 Å². The first-order valence-corrected chi connectivity index (χ1v) is 6.88. The van der Waals surface area contributed by atoms with Gasteiger partial charge in [-0.1, -0.05) is 11.6 Å². The second-order valence-corrected chi connectivity index (χ2v) is 4.83. The van der Waals surface area contributed by atoms with Gasteiger partial charge in [-0.2, -0.15) is 0 Å². The van der Waals surface area contributed by atoms with E-state index in [1.54, 1.807) is 6.20 Å². The van der Waals surface area contributed by atoms with Gasteiger partial charge >= 0.3 is 0 Å². The normalized spacial score (nSPS) is 16.7. The topological polar surface area (TPSA) is 37.4 Å². The number of anilines is 1. The van der Waals surface area contributed by atoms with E-state index in [1.807, 2.05) is 12.1 Å². The molecular formula is C13H20ClN3O. The lowest BCUT2D eigenvalue weighted by molar-refractivity contribution is 0.0373. The van der Waals surface area contributed by atoms with Crippen molar-refractivity contribution < 1.29 is 4.74 Å². The van der Waals surface area contributed by atoms with Crippen molar-refractivity contribution in [3.8, 4) is 0 Å². The molecule has 0 amide bonds. The third-order valence-corrected chi connectivity index (χ3v) is 3.36. The van der Waals surface area contributed by atoms with E-state index < -0.39 is 0 Å². The highest BCUT2D eigenvalue weighted by atomic mass is 35.5. The predicted molar refractivity (Wildman–Crippen MR) is 74.2 cm³/mol. The molecule has 0 spiro atoms. The molecule has 100 valence electrons. The highest BCUT2D eigenvalue weighted by molar-refractivity contribution is 6.32. The Morgan fingerprint density at radius 3 is 2.94 bits per heavy atom. The number of nitrogens with one attached hydrogen (secondary N) is 1. The molecule has 1 saturated heterocycles. The number of halogens is 1. The number of ether oxygens (including phenoxy) is 1. The Kier molecular flexibility index (Phi) is 5.71. The van der Waals surface area contributed by atoms with E-state index in [1.165, 1.54) is 6.42 Å². The van der Waals surface area contributed by atoms with Gasteiger partial charge in [0, 0.05) is 25.8 Å². The van der Waals surface area contributed by atoms with Crippen molar-refractivity contribution in [1.29, 1.82) is 0 Å². The van der Waals surface area contributed by atoms with Crippen molar-refractivity contribution in [2.45, 2.75) is 12.8 Å². The second-order valence-electron chi connectivity index (χ2n) is 4.42. The maximum absolute atomic E-state index is 6.01. The molecular weight excluding hydrogens is 250 g/mol. The summed E-state index contributed by atoms with van der Waals surface area (Å²) < 4.78 is 5.32. The summed E-state index contributed by atoms with van der Waals surface area (Å²) in [5.41, 5.74) is 0. The molecule has 0 atom stereocenters. The Bertz CT molecular complexity index is 356. The molecule has 4 nitrogen and oxygen atoms in total. The lowest BCUT2D eigenvalue weighted by Gasteiger charge is -2.26. The molecule has 1 aliphatic heterocycles. The van der Waals surface area contributed by atoms with Gasteiger partial charge in [0.25, 0.3) is 0 Å². The minimum atomic E-state index is 0.686. The standard InChI is InChI=1S/C13H20ClN3O/c14-12-4-3-6-16-13(12)15-5-1-2-7-17-8-10-18-11-9-17/h3-4,6H,1-2,5,7-11H2,(H,15,16). The van der Waals surface area contributed by atoms with Gasteiger partial charge in [-0.25, -0.2) is 4.98 Å². The zero-order valence-electron chi connectivity index (χ0n) is 10.6. The molecule has 2 rings (SSSR count). The zero-order chi connectivity index (χ0) is 12.6. The van der Waals surface area contributed by atoms with Gasteiger partial charge in [0.1, 0.15) is 5.82 Å². The summed E-state index contributed by atoms with van der Waals surface area (Å²) in [6.07, 6.45) is 4.07. The predicted octanol–water partition coefficient (Wildman–Crippen LogP) is 2.26. The first-order chi connectivity index (χ1) is 8.86. The molecule has 1 aliphatic rings. The first kappa shape index (κ1) is 13.6. The van der Waals surface area contributed by atoms with Crippen LogP contribution in [0, 0.1) is 0 Å². The summed E-state index contributed by atoms with van der Waals surface area (Å²) in [5, 5.41) is 3.95. The van der Waals surface area contributed by atoms with E-state index in [4.69, 9.17) is 16.3 Å². The van der Waals surface area contributed by atoms with Gasteiger partial charge < -0.3 is 10.1 Å². The average Bonchev–Trinajstić information content (AvgIpc) is 2.42. The van der Waals surface area contributed by atoms with E-state index in [9.17, 15) is 0 Å². The molecule has 2 heterocycles. The smallest absolute Gasteiger partial charge is 0.144 e. The first-order valence-electron chi connectivity index (χ1n) is 6.51. The van der Waals surface area contributed by atoms with Crippen molar-refractivity contribution in [3.63, 3.8) is 0 Å². The summed E-state index contributed by atoms with van der Waals surface area (Å²) in [5.74, 6) is 0.783. The fourth-order valence-corrected chi connectivity index (χ4v) is 2.20. The van der Waals surface area contributed by atoms with Crippen molar-refractivity contribution in [2.24, 2.45) is 0 Å². The van der Waals surface area contributed by atoms with E-state index in [0.29, 0.717) is 5.02 Å². The third-order valence-electron chi connectivity index (χ3n) is 3.06. The highest BCUT2D eigenvalue weighted by Crippen LogP contribution is 2.17. The van der Waals surface area contributed by atoms with E-state index >= 15 is 0 Å². The van der Waals surface area contributed by atoms with Crippen LogP contribution in [0.5, 0.6) is 0 Å². The Morgan fingerprint density at radius 2 is 2.17 bits per heavy atom. The van der Waals surface area contributed by atoms with Gasteiger partial charge in [0.2, 0.25) is 0 Å². The molecule has 0 aromatic carbocycles. The SMILES string of the molecule is Clc1cccnc1NCCCCN1CCOCC1. The lowest BCUT2D eigenvalue weighted by atomic mass is 10.2. The number of morpholine rings is 1. The van der Waals surface area contributed by atoms with Crippen LogP contribution in [0.3, 0.4) is 0 Å². The molecule has 0 unspecified atom stereocenters. The van der Waals surface area contributed by atoms with E-state index in [0.717, 1.165) is 51.6 Å². The largest absolute Gasteiger partial charge is 0.379 e. The van der Waals surface area contributed by atoms with Crippen LogP contribution >= 0.6 is 11.6 Å². The summed E-state index contributed by atoms with van der Waals surface area (Å²) in [6.45, 7) is 5.96. The number of unbranched alkanes of at least 4 members (excludes halogenated alkanes) is 1. The molecule has 0 aliphatic carbocycles. The Balaban J connectivity index is 1.57. The second kappa shape index (κ2) is 7.56.